The van der Waals surface area contributed by atoms with Crippen LogP contribution in [0.2, 0.25) is 0 Å². The fourth-order valence-electron chi connectivity index (χ4n) is 2.46. The van der Waals surface area contributed by atoms with Gasteiger partial charge in [0.25, 0.3) is 0 Å². The third-order valence-corrected chi connectivity index (χ3v) is 4.61. The number of hydrogen-bond acceptors (Lipinski definition) is 3. The first-order chi connectivity index (χ1) is 8.65. The second kappa shape index (κ2) is 5.71. The van der Waals surface area contributed by atoms with E-state index in [0.717, 1.165) is 30.6 Å². The van der Waals surface area contributed by atoms with Crippen LogP contribution in [0.5, 0.6) is 0 Å². The summed E-state index contributed by atoms with van der Waals surface area (Å²) in [6, 6.07) is 3.80. The number of carbonyl (C=O) groups excluding carboxylic acids is 1. The van der Waals surface area contributed by atoms with E-state index in [9.17, 15) is 9.90 Å². The van der Waals surface area contributed by atoms with Gasteiger partial charge in [-0.2, -0.15) is 0 Å². The zero-order chi connectivity index (χ0) is 13.0. The summed E-state index contributed by atoms with van der Waals surface area (Å²) in [7, 11) is 0. The standard InChI is InChI=1S/C13H20N2O2S/c1-10(11-5-4-8-18-11)14-12(17)15-13(9-16)6-2-3-7-13/h4-5,8,10,16H,2-3,6-7,9H2,1H3,(H2,14,15,17). The summed E-state index contributed by atoms with van der Waals surface area (Å²) in [5.41, 5.74) is -0.404. The van der Waals surface area contributed by atoms with Gasteiger partial charge >= 0.3 is 6.03 Å². The highest BCUT2D eigenvalue weighted by Gasteiger charge is 2.34. The van der Waals surface area contributed by atoms with Gasteiger partial charge in [-0.3, -0.25) is 0 Å². The number of carbonyl (C=O) groups is 1. The molecular weight excluding hydrogens is 248 g/mol. The van der Waals surface area contributed by atoms with Gasteiger partial charge in [0.05, 0.1) is 18.2 Å². The molecule has 1 aromatic heterocycles. The molecule has 2 rings (SSSR count). The largest absolute Gasteiger partial charge is 0.394 e. The zero-order valence-corrected chi connectivity index (χ0v) is 11.4. The van der Waals surface area contributed by atoms with Gasteiger partial charge in [0, 0.05) is 4.88 Å². The molecule has 1 fully saturated rings. The van der Waals surface area contributed by atoms with Gasteiger partial charge in [-0.25, -0.2) is 4.79 Å². The van der Waals surface area contributed by atoms with Crippen molar-refractivity contribution < 1.29 is 9.90 Å². The van der Waals surface area contributed by atoms with Crippen molar-refractivity contribution in [1.29, 1.82) is 0 Å². The summed E-state index contributed by atoms with van der Waals surface area (Å²) in [6.07, 6.45) is 3.87. The summed E-state index contributed by atoms with van der Waals surface area (Å²) >= 11 is 1.63. The number of thiophene rings is 1. The molecule has 3 N–H and O–H groups in total. The van der Waals surface area contributed by atoms with Crippen molar-refractivity contribution in [3.05, 3.63) is 22.4 Å². The maximum atomic E-state index is 11.9. The number of urea groups is 1. The molecule has 1 atom stereocenters. The second-order valence-corrected chi connectivity index (χ2v) is 5.96. The molecule has 1 unspecified atom stereocenters. The van der Waals surface area contributed by atoms with Gasteiger partial charge in [0.1, 0.15) is 0 Å². The van der Waals surface area contributed by atoms with E-state index >= 15 is 0 Å². The lowest BCUT2D eigenvalue weighted by Crippen LogP contribution is -2.53. The maximum absolute atomic E-state index is 11.9. The molecule has 4 nitrogen and oxygen atoms in total. The van der Waals surface area contributed by atoms with Gasteiger partial charge in [-0.1, -0.05) is 18.9 Å². The van der Waals surface area contributed by atoms with E-state index in [1.54, 1.807) is 11.3 Å². The molecule has 18 heavy (non-hydrogen) atoms. The fraction of sp³-hybridized carbons (Fsp3) is 0.615. The Labute approximate surface area is 111 Å². The average Bonchev–Trinajstić information content (AvgIpc) is 2.99. The van der Waals surface area contributed by atoms with Crippen LogP contribution in [0.1, 0.15) is 43.5 Å². The van der Waals surface area contributed by atoms with Gasteiger partial charge < -0.3 is 15.7 Å². The minimum Gasteiger partial charge on any atom is -0.394 e. The molecular formula is C13H20N2O2S. The lowest BCUT2D eigenvalue weighted by atomic mass is 9.99. The number of hydrogen-bond donors (Lipinski definition) is 3. The van der Waals surface area contributed by atoms with Crippen LogP contribution in [-0.4, -0.2) is 23.3 Å². The monoisotopic (exact) mass is 268 g/mol. The summed E-state index contributed by atoms with van der Waals surface area (Å²) in [5.74, 6) is 0. The predicted octanol–water partition coefficient (Wildman–Crippen LogP) is 2.41. The van der Waals surface area contributed by atoms with E-state index in [-0.39, 0.29) is 18.7 Å². The Balaban J connectivity index is 1.88. The van der Waals surface area contributed by atoms with Crippen LogP contribution in [0.4, 0.5) is 4.79 Å². The Morgan fingerprint density at radius 2 is 2.28 bits per heavy atom. The third kappa shape index (κ3) is 3.03. The molecule has 1 heterocycles. The van der Waals surface area contributed by atoms with Gasteiger partial charge in [0.15, 0.2) is 0 Å². The molecule has 100 valence electrons. The van der Waals surface area contributed by atoms with Crippen molar-refractivity contribution >= 4 is 17.4 Å². The Morgan fingerprint density at radius 1 is 1.56 bits per heavy atom. The Bertz CT molecular complexity index is 386. The first-order valence-electron chi connectivity index (χ1n) is 6.38. The van der Waals surface area contributed by atoms with Crippen molar-refractivity contribution in [1.82, 2.24) is 10.6 Å². The van der Waals surface area contributed by atoms with Crippen LogP contribution >= 0.6 is 11.3 Å². The van der Waals surface area contributed by atoms with E-state index in [2.05, 4.69) is 10.6 Å². The molecule has 0 bridgehead atoms. The lowest BCUT2D eigenvalue weighted by Gasteiger charge is -2.28. The Morgan fingerprint density at radius 3 is 2.83 bits per heavy atom. The normalized spacial score (nSPS) is 19.4. The van der Waals surface area contributed by atoms with Crippen LogP contribution in [0.3, 0.4) is 0 Å². The molecule has 0 aromatic carbocycles. The van der Waals surface area contributed by atoms with Gasteiger partial charge in [0.2, 0.25) is 0 Å². The van der Waals surface area contributed by atoms with E-state index in [1.165, 1.54) is 0 Å². The topological polar surface area (TPSA) is 61.4 Å². The third-order valence-electron chi connectivity index (χ3n) is 3.56. The van der Waals surface area contributed by atoms with E-state index < -0.39 is 5.54 Å². The summed E-state index contributed by atoms with van der Waals surface area (Å²) in [4.78, 5) is 13.1. The quantitative estimate of drug-likeness (QED) is 0.785. The van der Waals surface area contributed by atoms with Crippen LogP contribution < -0.4 is 10.6 Å². The number of aliphatic hydroxyl groups excluding tert-OH is 1. The molecule has 1 aliphatic carbocycles. The zero-order valence-electron chi connectivity index (χ0n) is 10.6. The van der Waals surface area contributed by atoms with Crippen molar-refractivity contribution in [2.24, 2.45) is 0 Å². The molecule has 0 saturated heterocycles. The smallest absolute Gasteiger partial charge is 0.315 e. The number of amides is 2. The van der Waals surface area contributed by atoms with E-state index in [1.807, 2.05) is 24.4 Å². The predicted molar refractivity (Wildman–Crippen MR) is 72.7 cm³/mol. The molecule has 0 radical (unpaired) electrons. The van der Waals surface area contributed by atoms with Gasteiger partial charge in [-0.05, 0) is 31.2 Å². The molecule has 1 saturated carbocycles. The Hall–Kier alpha value is -1.07. The summed E-state index contributed by atoms with van der Waals surface area (Å²) < 4.78 is 0. The molecule has 2 amide bonds. The van der Waals surface area contributed by atoms with E-state index in [0.29, 0.717) is 0 Å². The minimum absolute atomic E-state index is 0.00199. The SMILES string of the molecule is CC(NC(=O)NC1(CO)CCCC1)c1cccs1. The second-order valence-electron chi connectivity index (χ2n) is 4.98. The first-order valence-corrected chi connectivity index (χ1v) is 7.26. The van der Waals surface area contributed by atoms with Crippen LogP contribution in [0.15, 0.2) is 17.5 Å². The van der Waals surface area contributed by atoms with Crippen LogP contribution in [-0.2, 0) is 0 Å². The molecule has 5 heteroatoms. The minimum atomic E-state index is -0.404. The van der Waals surface area contributed by atoms with Crippen LogP contribution in [0, 0.1) is 0 Å². The number of nitrogens with one attached hydrogen (secondary N) is 2. The van der Waals surface area contributed by atoms with Gasteiger partial charge in [-0.15, -0.1) is 11.3 Å². The lowest BCUT2D eigenvalue weighted by molar-refractivity contribution is 0.162. The molecule has 1 aliphatic rings. The van der Waals surface area contributed by atoms with Crippen molar-refractivity contribution in [2.45, 2.75) is 44.2 Å². The molecule has 1 aromatic rings. The summed E-state index contributed by atoms with van der Waals surface area (Å²) in [5, 5.41) is 17.3. The van der Waals surface area contributed by atoms with Crippen molar-refractivity contribution in [2.75, 3.05) is 6.61 Å². The highest BCUT2D eigenvalue weighted by atomic mass is 32.1. The molecule has 0 aliphatic heterocycles. The maximum Gasteiger partial charge on any atom is 0.315 e. The average molecular weight is 268 g/mol. The van der Waals surface area contributed by atoms with E-state index in [4.69, 9.17) is 0 Å². The number of rotatable bonds is 4. The fourth-order valence-corrected chi connectivity index (χ4v) is 3.19. The number of aliphatic hydroxyl groups is 1. The van der Waals surface area contributed by atoms with Crippen molar-refractivity contribution in [3.63, 3.8) is 0 Å². The highest BCUT2D eigenvalue weighted by molar-refractivity contribution is 7.10. The first kappa shape index (κ1) is 13.4. The molecule has 0 spiro atoms. The van der Waals surface area contributed by atoms with Crippen molar-refractivity contribution in [3.8, 4) is 0 Å². The Kier molecular flexibility index (Phi) is 4.24. The summed E-state index contributed by atoms with van der Waals surface area (Å²) in [6.45, 7) is 1.99. The van der Waals surface area contributed by atoms with Crippen LogP contribution in [0.25, 0.3) is 0 Å². The highest BCUT2D eigenvalue weighted by Crippen LogP contribution is 2.29.